The van der Waals surface area contributed by atoms with E-state index in [0.717, 1.165) is 49.9 Å². The summed E-state index contributed by atoms with van der Waals surface area (Å²) in [5, 5.41) is 7.50. The van der Waals surface area contributed by atoms with Crippen LogP contribution in [0.5, 0.6) is 0 Å². The van der Waals surface area contributed by atoms with Crippen LogP contribution in [0.1, 0.15) is 16.2 Å². The van der Waals surface area contributed by atoms with Crippen molar-refractivity contribution in [3.8, 4) is 11.4 Å². The van der Waals surface area contributed by atoms with Gasteiger partial charge in [0.2, 0.25) is 0 Å². The molecule has 1 N–H and O–H groups in total. The van der Waals surface area contributed by atoms with Crippen LogP contribution in [0, 0.1) is 6.92 Å². The molecule has 0 aliphatic carbocycles. The van der Waals surface area contributed by atoms with Crippen molar-refractivity contribution < 1.29 is 9.53 Å². The van der Waals surface area contributed by atoms with E-state index in [9.17, 15) is 4.79 Å². The van der Waals surface area contributed by atoms with Crippen LogP contribution < -0.4 is 5.32 Å². The summed E-state index contributed by atoms with van der Waals surface area (Å²) in [5.74, 6) is -0.172. The van der Waals surface area contributed by atoms with Crippen LogP contribution in [0.4, 0.5) is 0 Å². The number of carbonyl (C=O) groups excluding carboxylic acids is 1. The average Bonchev–Trinajstić information content (AvgIpc) is 3.14. The Morgan fingerprint density at radius 3 is 2.85 bits per heavy atom. The molecule has 1 aliphatic heterocycles. The van der Waals surface area contributed by atoms with Crippen molar-refractivity contribution in [1.29, 1.82) is 0 Å². The van der Waals surface area contributed by atoms with Crippen LogP contribution in [0.25, 0.3) is 17.0 Å². The zero-order valence-corrected chi connectivity index (χ0v) is 15.3. The number of amides is 1. The van der Waals surface area contributed by atoms with Crippen LogP contribution in [-0.2, 0) is 4.74 Å². The predicted molar refractivity (Wildman–Crippen MR) is 101 cm³/mol. The molecule has 8 nitrogen and oxygen atoms in total. The lowest BCUT2D eigenvalue weighted by atomic mass is 10.3. The van der Waals surface area contributed by atoms with E-state index in [-0.39, 0.29) is 5.91 Å². The molecule has 3 aromatic heterocycles. The highest BCUT2D eigenvalue weighted by Crippen LogP contribution is 2.17. The van der Waals surface area contributed by atoms with Crippen molar-refractivity contribution in [3.63, 3.8) is 0 Å². The van der Waals surface area contributed by atoms with Gasteiger partial charge in [-0.3, -0.25) is 14.7 Å². The largest absolute Gasteiger partial charge is 0.379 e. The standard InChI is InChI=1S/C19H22N6O2/c1-14-12-17(19(26)21-6-7-24-8-10-27-11-9-24)22-18-13-16(23-25(14)18)15-4-2-3-5-20-15/h2-5,12-13H,6-11H2,1H3,(H,21,26). The number of fused-ring (bicyclic) bond motifs is 1. The first-order chi connectivity index (χ1) is 13.2. The van der Waals surface area contributed by atoms with Crippen molar-refractivity contribution in [2.24, 2.45) is 0 Å². The van der Waals surface area contributed by atoms with Crippen molar-refractivity contribution in [1.82, 2.24) is 29.8 Å². The summed E-state index contributed by atoms with van der Waals surface area (Å²) in [6.07, 6.45) is 1.73. The number of hydrogen-bond acceptors (Lipinski definition) is 6. The number of aryl methyl sites for hydroxylation is 1. The molecule has 1 aliphatic rings. The van der Waals surface area contributed by atoms with E-state index in [1.54, 1.807) is 16.8 Å². The van der Waals surface area contributed by atoms with Gasteiger partial charge < -0.3 is 10.1 Å². The molecule has 8 heteroatoms. The molecular formula is C19H22N6O2. The number of carbonyl (C=O) groups is 1. The molecule has 4 heterocycles. The van der Waals surface area contributed by atoms with Gasteiger partial charge in [0.15, 0.2) is 5.65 Å². The van der Waals surface area contributed by atoms with Gasteiger partial charge in [-0.25, -0.2) is 9.50 Å². The number of pyridine rings is 1. The fourth-order valence-corrected chi connectivity index (χ4v) is 3.12. The molecule has 0 spiro atoms. The summed E-state index contributed by atoms with van der Waals surface area (Å²) in [4.78, 5) is 23.6. The second-order valence-electron chi connectivity index (χ2n) is 6.51. The summed E-state index contributed by atoms with van der Waals surface area (Å²) in [7, 11) is 0. The third-order valence-electron chi connectivity index (χ3n) is 4.58. The monoisotopic (exact) mass is 366 g/mol. The van der Waals surface area contributed by atoms with E-state index in [4.69, 9.17) is 4.74 Å². The molecule has 27 heavy (non-hydrogen) atoms. The molecule has 1 amide bonds. The van der Waals surface area contributed by atoms with Gasteiger partial charge >= 0.3 is 0 Å². The first kappa shape index (κ1) is 17.6. The molecule has 4 rings (SSSR count). The molecule has 1 saturated heterocycles. The van der Waals surface area contributed by atoms with Gasteiger partial charge in [-0.05, 0) is 25.1 Å². The third-order valence-corrected chi connectivity index (χ3v) is 4.58. The number of aromatic nitrogens is 4. The Morgan fingerprint density at radius 1 is 1.22 bits per heavy atom. The Balaban J connectivity index is 1.47. The zero-order valence-electron chi connectivity index (χ0n) is 15.3. The Hall–Kier alpha value is -2.84. The quantitative estimate of drug-likeness (QED) is 0.729. The third kappa shape index (κ3) is 3.96. The van der Waals surface area contributed by atoms with Crippen molar-refractivity contribution in [2.45, 2.75) is 6.92 Å². The van der Waals surface area contributed by atoms with E-state index in [0.29, 0.717) is 17.9 Å². The minimum Gasteiger partial charge on any atom is -0.379 e. The topological polar surface area (TPSA) is 84.7 Å². The Kier molecular flexibility index (Phi) is 5.08. The van der Waals surface area contributed by atoms with Gasteiger partial charge in [-0.15, -0.1) is 0 Å². The summed E-state index contributed by atoms with van der Waals surface area (Å²) >= 11 is 0. The Morgan fingerprint density at radius 2 is 2.07 bits per heavy atom. The highest BCUT2D eigenvalue weighted by Gasteiger charge is 2.15. The van der Waals surface area contributed by atoms with E-state index in [1.807, 2.05) is 31.2 Å². The van der Waals surface area contributed by atoms with Crippen LogP contribution in [0.2, 0.25) is 0 Å². The van der Waals surface area contributed by atoms with Gasteiger partial charge in [0.1, 0.15) is 11.4 Å². The number of nitrogens with zero attached hydrogens (tertiary/aromatic N) is 5. The first-order valence-electron chi connectivity index (χ1n) is 9.08. The first-order valence-corrected chi connectivity index (χ1v) is 9.08. The lowest BCUT2D eigenvalue weighted by molar-refractivity contribution is 0.0383. The lowest BCUT2D eigenvalue weighted by Gasteiger charge is -2.26. The molecule has 0 atom stereocenters. The van der Waals surface area contributed by atoms with Crippen LogP contribution >= 0.6 is 0 Å². The van der Waals surface area contributed by atoms with Crippen LogP contribution in [0.15, 0.2) is 36.5 Å². The summed E-state index contributed by atoms with van der Waals surface area (Å²) in [6, 6.07) is 9.28. The molecule has 0 unspecified atom stereocenters. The highest BCUT2D eigenvalue weighted by molar-refractivity contribution is 5.92. The molecule has 3 aromatic rings. The molecule has 0 bridgehead atoms. The second kappa shape index (κ2) is 7.81. The maximum atomic E-state index is 12.5. The molecule has 140 valence electrons. The van der Waals surface area contributed by atoms with Crippen molar-refractivity contribution >= 4 is 11.6 Å². The van der Waals surface area contributed by atoms with Crippen LogP contribution in [-0.4, -0.2) is 69.8 Å². The smallest absolute Gasteiger partial charge is 0.270 e. The highest BCUT2D eigenvalue weighted by atomic mass is 16.5. The Labute approximate surface area is 157 Å². The summed E-state index contributed by atoms with van der Waals surface area (Å²) in [5.41, 5.74) is 3.39. The fraction of sp³-hybridized carbons (Fsp3) is 0.368. The zero-order chi connectivity index (χ0) is 18.6. The molecular weight excluding hydrogens is 344 g/mol. The summed E-state index contributed by atoms with van der Waals surface area (Å²) in [6.45, 7) is 6.64. The maximum absolute atomic E-state index is 12.5. The number of nitrogens with one attached hydrogen (secondary N) is 1. The average molecular weight is 366 g/mol. The predicted octanol–water partition coefficient (Wildman–Crippen LogP) is 1.16. The molecule has 0 aromatic carbocycles. The van der Waals surface area contributed by atoms with E-state index >= 15 is 0 Å². The minimum atomic E-state index is -0.172. The second-order valence-corrected chi connectivity index (χ2v) is 6.51. The van der Waals surface area contributed by atoms with Crippen molar-refractivity contribution in [3.05, 3.63) is 47.9 Å². The van der Waals surface area contributed by atoms with E-state index in [1.165, 1.54) is 0 Å². The van der Waals surface area contributed by atoms with Gasteiger partial charge in [0.05, 0.1) is 18.9 Å². The molecule has 1 fully saturated rings. The number of rotatable bonds is 5. The Bertz CT molecular complexity index is 934. The van der Waals surface area contributed by atoms with Crippen molar-refractivity contribution in [2.75, 3.05) is 39.4 Å². The maximum Gasteiger partial charge on any atom is 0.270 e. The van der Waals surface area contributed by atoms with Gasteiger partial charge in [-0.2, -0.15) is 5.10 Å². The van der Waals surface area contributed by atoms with E-state index in [2.05, 4.69) is 25.3 Å². The van der Waals surface area contributed by atoms with Gasteiger partial charge in [0.25, 0.3) is 5.91 Å². The number of morpholine rings is 1. The van der Waals surface area contributed by atoms with Gasteiger partial charge in [-0.1, -0.05) is 6.07 Å². The SMILES string of the molecule is Cc1cc(C(=O)NCCN2CCOCC2)nc2cc(-c3ccccn3)nn12. The fourth-order valence-electron chi connectivity index (χ4n) is 3.12. The number of hydrogen-bond donors (Lipinski definition) is 1. The normalized spacial score (nSPS) is 15.1. The summed E-state index contributed by atoms with van der Waals surface area (Å²) < 4.78 is 7.06. The van der Waals surface area contributed by atoms with Crippen LogP contribution in [0.3, 0.4) is 0 Å². The number of ether oxygens (including phenoxy) is 1. The molecule has 0 saturated carbocycles. The van der Waals surface area contributed by atoms with Gasteiger partial charge in [0, 0.05) is 44.1 Å². The lowest BCUT2D eigenvalue weighted by Crippen LogP contribution is -2.41. The van der Waals surface area contributed by atoms with E-state index < -0.39 is 0 Å². The molecule has 0 radical (unpaired) electrons. The minimum absolute atomic E-state index is 0.172.